The number of hydrogen-bond donors (Lipinski definition) is 1. The molecule has 0 aliphatic heterocycles. The van der Waals surface area contributed by atoms with E-state index in [0.717, 1.165) is 0 Å². The molecular formula is C7H3Cl3F3NO. The molecule has 0 aromatic carbocycles. The molecule has 0 spiro atoms. The number of aliphatic hydroxyl groups is 1. The predicted molar refractivity (Wildman–Crippen MR) is 50.2 cm³/mol. The van der Waals surface area contributed by atoms with Gasteiger partial charge in [0.2, 0.25) is 0 Å². The molecule has 0 amide bonds. The van der Waals surface area contributed by atoms with Gasteiger partial charge < -0.3 is 5.11 Å². The number of rotatable bonds is 1. The fourth-order valence-electron chi connectivity index (χ4n) is 0.986. The SMILES string of the molecule is OCc1c(Cl)c(Cl)nc(Cl)c1C(F)(F)F. The van der Waals surface area contributed by atoms with Crippen molar-refractivity contribution in [2.24, 2.45) is 0 Å². The Morgan fingerprint density at radius 1 is 1.13 bits per heavy atom. The van der Waals surface area contributed by atoms with Crippen LogP contribution in [0.2, 0.25) is 15.3 Å². The minimum Gasteiger partial charge on any atom is -0.392 e. The molecule has 2 nitrogen and oxygen atoms in total. The molecule has 0 saturated carbocycles. The molecule has 1 aromatic rings. The maximum atomic E-state index is 12.5. The fraction of sp³-hybridized carbons (Fsp3) is 0.286. The van der Waals surface area contributed by atoms with Gasteiger partial charge in [0, 0.05) is 5.56 Å². The average Bonchev–Trinajstić information content (AvgIpc) is 2.08. The Hall–Kier alpha value is -0.230. The molecule has 0 atom stereocenters. The van der Waals surface area contributed by atoms with Crippen molar-refractivity contribution in [1.82, 2.24) is 4.98 Å². The summed E-state index contributed by atoms with van der Waals surface area (Å²) >= 11 is 16.2. The van der Waals surface area contributed by atoms with Crippen LogP contribution in [-0.2, 0) is 12.8 Å². The molecule has 1 N–H and O–H groups in total. The molecule has 0 unspecified atom stereocenters. The Morgan fingerprint density at radius 2 is 1.67 bits per heavy atom. The van der Waals surface area contributed by atoms with Crippen molar-refractivity contribution in [3.8, 4) is 0 Å². The number of alkyl halides is 3. The van der Waals surface area contributed by atoms with E-state index in [-0.39, 0.29) is 5.15 Å². The summed E-state index contributed by atoms with van der Waals surface area (Å²) in [5.74, 6) is 0. The molecular weight excluding hydrogens is 277 g/mol. The average molecular weight is 280 g/mol. The summed E-state index contributed by atoms with van der Waals surface area (Å²) in [6, 6.07) is 0. The summed E-state index contributed by atoms with van der Waals surface area (Å²) in [5.41, 5.74) is -1.84. The van der Waals surface area contributed by atoms with Crippen molar-refractivity contribution in [2.45, 2.75) is 12.8 Å². The lowest BCUT2D eigenvalue weighted by atomic mass is 10.1. The van der Waals surface area contributed by atoms with Crippen LogP contribution in [0.4, 0.5) is 13.2 Å². The smallest absolute Gasteiger partial charge is 0.392 e. The zero-order valence-electron chi connectivity index (χ0n) is 6.87. The van der Waals surface area contributed by atoms with Gasteiger partial charge in [-0.15, -0.1) is 0 Å². The molecule has 0 aliphatic carbocycles. The zero-order valence-corrected chi connectivity index (χ0v) is 9.14. The summed E-state index contributed by atoms with van der Waals surface area (Å²) in [6.45, 7) is -0.921. The summed E-state index contributed by atoms with van der Waals surface area (Å²) in [4.78, 5) is 3.22. The highest BCUT2D eigenvalue weighted by Crippen LogP contribution is 2.41. The maximum Gasteiger partial charge on any atom is 0.419 e. The van der Waals surface area contributed by atoms with E-state index in [2.05, 4.69) is 4.98 Å². The molecule has 0 radical (unpaired) electrons. The minimum atomic E-state index is -4.74. The first-order chi connectivity index (χ1) is 6.79. The third-order valence-electron chi connectivity index (χ3n) is 1.59. The molecule has 0 bridgehead atoms. The Bertz CT molecular complexity index is 394. The van der Waals surface area contributed by atoms with Gasteiger partial charge in [0.05, 0.1) is 17.2 Å². The van der Waals surface area contributed by atoms with Crippen molar-refractivity contribution in [1.29, 1.82) is 0 Å². The van der Waals surface area contributed by atoms with Gasteiger partial charge in [-0.1, -0.05) is 34.8 Å². The lowest BCUT2D eigenvalue weighted by Gasteiger charge is -2.14. The van der Waals surface area contributed by atoms with Crippen molar-refractivity contribution < 1.29 is 18.3 Å². The van der Waals surface area contributed by atoms with Crippen LogP contribution in [0.15, 0.2) is 0 Å². The van der Waals surface area contributed by atoms with Crippen molar-refractivity contribution in [3.63, 3.8) is 0 Å². The molecule has 1 aromatic heterocycles. The van der Waals surface area contributed by atoms with E-state index in [4.69, 9.17) is 39.9 Å². The minimum absolute atomic E-state index is 0.376. The van der Waals surface area contributed by atoms with Crippen LogP contribution < -0.4 is 0 Å². The first kappa shape index (κ1) is 12.8. The molecule has 15 heavy (non-hydrogen) atoms. The highest BCUT2D eigenvalue weighted by molar-refractivity contribution is 6.42. The van der Waals surface area contributed by atoms with Crippen LogP contribution in [0.5, 0.6) is 0 Å². The molecule has 8 heteroatoms. The lowest BCUT2D eigenvalue weighted by Crippen LogP contribution is -2.12. The van der Waals surface area contributed by atoms with Crippen LogP contribution in [0, 0.1) is 0 Å². The topological polar surface area (TPSA) is 33.1 Å². The van der Waals surface area contributed by atoms with E-state index in [1.165, 1.54) is 0 Å². The molecule has 84 valence electrons. The third kappa shape index (κ3) is 2.47. The Kier molecular flexibility index (Phi) is 3.71. The number of nitrogens with zero attached hydrogens (tertiary/aromatic N) is 1. The van der Waals surface area contributed by atoms with Gasteiger partial charge in [-0.2, -0.15) is 13.2 Å². The lowest BCUT2D eigenvalue weighted by molar-refractivity contribution is -0.138. The van der Waals surface area contributed by atoms with Gasteiger partial charge in [-0.3, -0.25) is 0 Å². The zero-order chi connectivity index (χ0) is 11.8. The van der Waals surface area contributed by atoms with Crippen molar-refractivity contribution in [2.75, 3.05) is 0 Å². The van der Waals surface area contributed by atoms with Crippen molar-refractivity contribution in [3.05, 3.63) is 26.5 Å². The normalized spacial score (nSPS) is 11.9. The largest absolute Gasteiger partial charge is 0.419 e. The first-order valence-corrected chi connectivity index (χ1v) is 4.63. The monoisotopic (exact) mass is 279 g/mol. The quantitative estimate of drug-likeness (QED) is 0.798. The van der Waals surface area contributed by atoms with E-state index >= 15 is 0 Å². The Morgan fingerprint density at radius 3 is 2.07 bits per heavy atom. The highest BCUT2D eigenvalue weighted by Gasteiger charge is 2.38. The van der Waals surface area contributed by atoms with Crippen LogP contribution in [0.3, 0.4) is 0 Å². The molecule has 1 rings (SSSR count). The molecule has 0 saturated heterocycles. The second-order valence-electron chi connectivity index (χ2n) is 2.52. The summed E-state index contributed by atoms with van der Waals surface area (Å²) in [5, 5.41) is 7.13. The Labute approximate surface area is 97.6 Å². The predicted octanol–water partition coefficient (Wildman–Crippen LogP) is 3.55. The fourth-order valence-corrected chi connectivity index (χ4v) is 1.73. The number of hydrogen-bond acceptors (Lipinski definition) is 2. The number of halogens is 6. The first-order valence-electron chi connectivity index (χ1n) is 3.50. The third-order valence-corrected chi connectivity index (χ3v) is 2.64. The van der Waals surface area contributed by atoms with E-state index in [0.29, 0.717) is 0 Å². The van der Waals surface area contributed by atoms with E-state index in [9.17, 15) is 13.2 Å². The number of aliphatic hydroxyl groups excluding tert-OH is 1. The van der Waals surface area contributed by atoms with Crippen molar-refractivity contribution >= 4 is 34.8 Å². The summed E-state index contributed by atoms with van der Waals surface area (Å²) < 4.78 is 37.4. The van der Waals surface area contributed by atoms with E-state index < -0.39 is 34.1 Å². The second kappa shape index (κ2) is 4.33. The van der Waals surface area contributed by atoms with E-state index in [1.54, 1.807) is 0 Å². The molecule has 0 aliphatic rings. The summed E-state index contributed by atoms with van der Waals surface area (Å²) in [7, 11) is 0. The Balaban J connectivity index is 3.57. The van der Waals surface area contributed by atoms with Crippen LogP contribution >= 0.6 is 34.8 Å². The van der Waals surface area contributed by atoms with Crippen LogP contribution in [0.1, 0.15) is 11.1 Å². The second-order valence-corrected chi connectivity index (χ2v) is 3.61. The van der Waals surface area contributed by atoms with Gasteiger partial charge >= 0.3 is 6.18 Å². The van der Waals surface area contributed by atoms with E-state index in [1.807, 2.05) is 0 Å². The maximum absolute atomic E-state index is 12.5. The van der Waals surface area contributed by atoms with Gasteiger partial charge in [0.25, 0.3) is 0 Å². The van der Waals surface area contributed by atoms with Gasteiger partial charge in [0.1, 0.15) is 10.3 Å². The van der Waals surface area contributed by atoms with Gasteiger partial charge in [0.15, 0.2) is 0 Å². The van der Waals surface area contributed by atoms with Gasteiger partial charge in [-0.05, 0) is 0 Å². The molecule has 1 heterocycles. The standard InChI is InChI=1S/C7H3Cl3F3NO/c8-4-2(1-15)3(7(11,12)13)5(9)14-6(4)10/h15H,1H2. The van der Waals surface area contributed by atoms with Crippen LogP contribution in [0.25, 0.3) is 0 Å². The summed E-state index contributed by atoms with van der Waals surface area (Å²) in [6.07, 6.45) is -4.74. The van der Waals surface area contributed by atoms with Crippen LogP contribution in [-0.4, -0.2) is 10.1 Å². The van der Waals surface area contributed by atoms with Gasteiger partial charge in [-0.25, -0.2) is 4.98 Å². The number of pyridine rings is 1. The highest BCUT2D eigenvalue weighted by atomic mass is 35.5. The molecule has 0 fully saturated rings. The number of aromatic nitrogens is 1.